The summed E-state index contributed by atoms with van der Waals surface area (Å²) in [5.74, 6) is 1.59. The predicted molar refractivity (Wildman–Crippen MR) is 91.7 cm³/mol. The summed E-state index contributed by atoms with van der Waals surface area (Å²) >= 11 is 0. The van der Waals surface area contributed by atoms with Gasteiger partial charge in [-0.3, -0.25) is 0 Å². The van der Waals surface area contributed by atoms with E-state index in [0.717, 1.165) is 18.9 Å². The first-order chi connectivity index (χ1) is 9.87. The number of hydrogen-bond donors (Lipinski definition) is 2. The molecule has 1 aromatic heterocycles. The standard InChI is InChI=1S/C18H27N3/c1-13(2)10-19-17-16-9-7-6-8-15(16)14(11-20-17)12-21-18(3,4)5/h6-9,11,13,21H,10,12H2,1-5H3,(H,19,20). The third-order valence-electron chi connectivity index (χ3n) is 3.36. The summed E-state index contributed by atoms with van der Waals surface area (Å²) in [5, 5.41) is 9.47. The number of hydrogen-bond acceptors (Lipinski definition) is 3. The first kappa shape index (κ1) is 15.8. The lowest BCUT2D eigenvalue weighted by Gasteiger charge is -2.21. The zero-order valence-electron chi connectivity index (χ0n) is 13.8. The first-order valence-corrected chi connectivity index (χ1v) is 7.72. The Hall–Kier alpha value is -1.61. The molecule has 3 heteroatoms. The fourth-order valence-corrected chi connectivity index (χ4v) is 2.19. The monoisotopic (exact) mass is 285 g/mol. The van der Waals surface area contributed by atoms with Gasteiger partial charge in [0.15, 0.2) is 0 Å². The van der Waals surface area contributed by atoms with Crippen molar-refractivity contribution in [3.05, 3.63) is 36.0 Å². The normalized spacial score (nSPS) is 12.1. The quantitative estimate of drug-likeness (QED) is 0.865. The molecule has 0 spiro atoms. The van der Waals surface area contributed by atoms with Gasteiger partial charge in [-0.25, -0.2) is 4.98 Å². The zero-order valence-corrected chi connectivity index (χ0v) is 13.8. The molecule has 0 saturated heterocycles. The van der Waals surface area contributed by atoms with E-state index in [2.05, 4.69) is 74.5 Å². The Balaban J connectivity index is 2.31. The molecule has 0 saturated carbocycles. The van der Waals surface area contributed by atoms with Crippen LogP contribution in [-0.2, 0) is 6.54 Å². The van der Waals surface area contributed by atoms with Crippen LogP contribution in [0.25, 0.3) is 10.8 Å². The molecule has 0 aliphatic heterocycles. The number of nitrogens with one attached hydrogen (secondary N) is 2. The van der Waals surface area contributed by atoms with E-state index in [1.54, 1.807) is 0 Å². The van der Waals surface area contributed by atoms with Crippen LogP contribution in [0.15, 0.2) is 30.5 Å². The third-order valence-corrected chi connectivity index (χ3v) is 3.36. The number of rotatable bonds is 5. The van der Waals surface area contributed by atoms with Gasteiger partial charge in [-0.1, -0.05) is 38.1 Å². The van der Waals surface area contributed by atoms with Gasteiger partial charge < -0.3 is 10.6 Å². The van der Waals surface area contributed by atoms with Crippen LogP contribution in [0.3, 0.4) is 0 Å². The maximum Gasteiger partial charge on any atom is 0.133 e. The number of anilines is 1. The van der Waals surface area contributed by atoms with Crippen molar-refractivity contribution in [3.63, 3.8) is 0 Å². The molecule has 2 aromatic rings. The molecule has 1 aromatic carbocycles. The molecular formula is C18H27N3. The van der Waals surface area contributed by atoms with E-state index in [4.69, 9.17) is 0 Å². The molecule has 21 heavy (non-hydrogen) atoms. The molecule has 0 aliphatic rings. The van der Waals surface area contributed by atoms with E-state index in [0.29, 0.717) is 5.92 Å². The van der Waals surface area contributed by atoms with Gasteiger partial charge in [-0.15, -0.1) is 0 Å². The maximum atomic E-state index is 4.63. The van der Waals surface area contributed by atoms with E-state index < -0.39 is 0 Å². The van der Waals surface area contributed by atoms with Gasteiger partial charge in [0.25, 0.3) is 0 Å². The summed E-state index contributed by atoms with van der Waals surface area (Å²) in [4.78, 5) is 4.63. The average Bonchev–Trinajstić information content (AvgIpc) is 2.42. The van der Waals surface area contributed by atoms with Crippen LogP contribution < -0.4 is 10.6 Å². The van der Waals surface area contributed by atoms with Gasteiger partial charge in [-0.05, 0) is 37.6 Å². The highest BCUT2D eigenvalue weighted by Gasteiger charge is 2.11. The second-order valence-corrected chi connectivity index (χ2v) is 7.06. The van der Waals surface area contributed by atoms with Crippen molar-refractivity contribution < 1.29 is 0 Å². The van der Waals surface area contributed by atoms with Crippen LogP contribution in [0.1, 0.15) is 40.2 Å². The topological polar surface area (TPSA) is 37.0 Å². The lowest BCUT2D eigenvalue weighted by Crippen LogP contribution is -2.35. The van der Waals surface area contributed by atoms with Crippen molar-refractivity contribution in [2.75, 3.05) is 11.9 Å². The molecule has 2 N–H and O–H groups in total. The van der Waals surface area contributed by atoms with E-state index in [1.807, 2.05) is 6.20 Å². The highest BCUT2D eigenvalue weighted by atomic mass is 15.0. The summed E-state index contributed by atoms with van der Waals surface area (Å²) in [6.45, 7) is 12.7. The number of nitrogens with zero attached hydrogens (tertiary/aromatic N) is 1. The number of fused-ring (bicyclic) bond motifs is 1. The largest absolute Gasteiger partial charge is 0.369 e. The fraction of sp³-hybridized carbons (Fsp3) is 0.500. The molecule has 114 valence electrons. The molecule has 3 nitrogen and oxygen atoms in total. The minimum absolute atomic E-state index is 0.107. The molecule has 0 unspecified atom stereocenters. The highest BCUT2D eigenvalue weighted by Crippen LogP contribution is 2.25. The van der Waals surface area contributed by atoms with Gasteiger partial charge >= 0.3 is 0 Å². The van der Waals surface area contributed by atoms with Crippen LogP contribution in [0.4, 0.5) is 5.82 Å². The lowest BCUT2D eigenvalue weighted by atomic mass is 10.0. The Kier molecular flexibility index (Phi) is 4.84. The van der Waals surface area contributed by atoms with Gasteiger partial charge in [0.1, 0.15) is 5.82 Å². The van der Waals surface area contributed by atoms with Crippen LogP contribution in [-0.4, -0.2) is 17.1 Å². The number of benzene rings is 1. The van der Waals surface area contributed by atoms with E-state index >= 15 is 0 Å². The van der Waals surface area contributed by atoms with E-state index in [1.165, 1.54) is 16.3 Å². The van der Waals surface area contributed by atoms with Crippen LogP contribution in [0, 0.1) is 5.92 Å². The second kappa shape index (κ2) is 6.44. The summed E-state index contributed by atoms with van der Waals surface area (Å²) < 4.78 is 0. The van der Waals surface area contributed by atoms with Crippen LogP contribution in [0.5, 0.6) is 0 Å². The van der Waals surface area contributed by atoms with Crippen LogP contribution >= 0.6 is 0 Å². The first-order valence-electron chi connectivity index (χ1n) is 7.72. The van der Waals surface area contributed by atoms with Gasteiger partial charge in [-0.2, -0.15) is 0 Å². The summed E-state index contributed by atoms with van der Waals surface area (Å²) in [5.41, 5.74) is 1.35. The minimum atomic E-state index is 0.107. The van der Waals surface area contributed by atoms with E-state index in [-0.39, 0.29) is 5.54 Å². The SMILES string of the molecule is CC(C)CNc1ncc(CNC(C)(C)C)c2ccccc12. The van der Waals surface area contributed by atoms with Crippen molar-refractivity contribution in [1.29, 1.82) is 0 Å². The molecular weight excluding hydrogens is 258 g/mol. The van der Waals surface area contributed by atoms with Crippen molar-refractivity contribution in [2.45, 2.75) is 46.7 Å². The molecule has 1 heterocycles. The summed E-state index contributed by atoms with van der Waals surface area (Å²) in [6, 6.07) is 8.49. The number of aromatic nitrogens is 1. The molecule has 0 fully saturated rings. The third kappa shape index (κ3) is 4.43. The summed E-state index contributed by atoms with van der Waals surface area (Å²) in [7, 11) is 0. The van der Waals surface area contributed by atoms with Crippen LogP contribution in [0.2, 0.25) is 0 Å². The molecule has 0 atom stereocenters. The smallest absolute Gasteiger partial charge is 0.133 e. The molecule has 0 amide bonds. The maximum absolute atomic E-state index is 4.63. The average molecular weight is 285 g/mol. The van der Waals surface area contributed by atoms with Crippen molar-refractivity contribution in [2.24, 2.45) is 5.92 Å². The predicted octanol–water partition coefficient (Wildman–Crippen LogP) is 4.19. The van der Waals surface area contributed by atoms with Crippen molar-refractivity contribution in [1.82, 2.24) is 10.3 Å². The zero-order chi connectivity index (χ0) is 15.5. The molecule has 2 rings (SSSR count). The Morgan fingerprint density at radius 3 is 2.38 bits per heavy atom. The minimum Gasteiger partial charge on any atom is -0.369 e. The molecule has 0 radical (unpaired) electrons. The Labute approximate surface area is 128 Å². The lowest BCUT2D eigenvalue weighted by molar-refractivity contribution is 0.425. The fourth-order valence-electron chi connectivity index (χ4n) is 2.19. The summed E-state index contributed by atoms with van der Waals surface area (Å²) in [6.07, 6.45) is 1.99. The van der Waals surface area contributed by atoms with Gasteiger partial charge in [0.05, 0.1) is 0 Å². The Bertz CT molecular complexity index is 597. The number of pyridine rings is 1. The Morgan fingerprint density at radius 1 is 1.10 bits per heavy atom. The van der Waals surface area contributed by atoms with Gasteiger partial charge in [0, 0.05) is 30.2 Å². The highest BCUT2D eigenvalue weighted by molar-refractivity contribution is 5.94. The molecule has 0 aliphatic carbocycles. The molecule has 0 bridgehead atoms. The van der Waals surface area contributed by atoms with Crippen molar-refractivity contribution >= 4 is 16.6 Å². The van der Waals surface area contributed by atoms with Gasteiger partial charge in [0.2, 0.25) is 0 Å². The van der Waals surface area contributed by atoms with Crippen molar-refractivity contribution in [3.8, 4) is 0 Å². The van der Waals surface area contributed by atoms with E-state index in [9.17, 15) is 0 Å². The second-order valence-electron chi connectivity index (χ2n) is 7.06. The Morgan fingerprint density at radius 2 is 1.76 bits per heavy atom.